The van der Waals surface area contributed by atoms with Crippen molar-refractivity contribution in [2.24, 2.45) is 0 Å². The highest BCUT2D eigenvalue weighted by atomic mass is 16.6. The van der Waals surface area contributed by atoms with Gasteiger partial charge >= 0.3 is 17.9 Å². The summed E-state index contributed by atoms with van der Waals surface area (Å²) in [6.45, 7) is 6.50. The quantitative estimate of drug-likeness (QED) is 0.0261. The van der Waals surface area contributed by atoms with Crippen molar-refractivity contribution in [2.75, 3.05) is 13.2 Å². The Morgan fingerprint density at radius 2 is 0.533 bits per heavy atom. The van der Waals surface area contributed by atoms with Crippen molar-refractivity contribution in [3.8, 4) is 0 Å². The number of carbonyl (C=O) groups is 3. The van der Waals surface area contributed by atoms with Crippen LogP contribution in [0.1, 0.15) is 316 Å². The first-order chi connectivity index (χ1) is 37.0. The predicted molar refractivity (Wildman–Crippen MR) is 325 cm³/mol. The van der Waals surface area contributed by atoms with Crippen LogP contribution >= 0.6 is 0 Å². The molecule has 1 atom stereocenters. The summed E-state index contributed by atoms with van der Waals surface area (Å²) in [6.07, 6.45) is 83.1. The van der Waals surface area contributed by atoms with Gasteiger partial charge in [0.05, 0.1) is 0 Å². The zero-order valence-electron chi connectivity index (χ0n) is 49.6. The second-order valence-corrected chi connectivity index (χ2v) is 21.3. The van der Waals surface area contributed by atoms with Gasteiger partial charge in [-0.15, -0.1) is 0 Å². The molecule has 0 aliphatic carbocycles. The summed E-state index contributed by atoms with van der Waals surface area (Å²) in [4.78, 5) is 38.3. The minimum absolute atomic E-state index is 0.0950. The molecule has 0 amide bonds. The van der Waals surface area contributed by atoms with Gasteiger partial charge in [-0.1, -0.05) is 292 Å². The lowest BCUT2D eigenvalue weighted by atomic mass is 10.0. The fourth-order valence-electron chi connectivity index (χ4n) is 9.10. The van der Waals surface area contributed by atoms with E-state index in [-0.39, 0.29) is 37.5 Å². The molecule has 0 rings (SSSR count). The number of ether oxygens (including phenoxy) is 3. The number of esters is 3. The van der Waals surface area contributed by atoms with Crippen molar-refractivity contribution in [3.63, 3.8) is 0 Å². The minimum atomic E-state index is -0.804. The Morgan fingerprint density at radius 3 is 0.880 bits per heavy atom. The molecule has 0 aromatic carbocycles. The van der Waals surface area contributed by atoms with E-state index in [1.165, 1.54) is 180 Å². The third kappa shape index (κ3) is 61.3. The normalized spacial score (nSPS) is 12.6. The lowest BCUT2D eigenvalue weighted by molar-refractivity contribution is -0.167. The largest absolute Gasteiger partial charge is 0.462 e. The van der Waals surface area contributed by atoms with Gasteiger partial charge in [0, 0.05) is 19.3 Å². The number of unbranched alkanes of at least 4 members (excludes halogenated alkanes) is 33. The molecule has 0 fully saturated rings. The van der Waals surface area contributed by atoms with Crippen LogP contribution in [0.15, 0.2) is 85.1 Å². The van der Waals surface area contributed by atoms with E-state index in [9.17, 15) is 14.4 Å². The lowest BCUT2D eigenvalue weighted by Crippen LogP contribution is -2.30. The van der Waals surface area contributed by atoms with E-state index in [1.807, 2.05) is 0 Å². The molecule has 6 nitrogen and oxygen atoms in total. The maximum absolute atomic E-state index is 12.9. The van der Waals surface area contributed by atoms with Gasteiger partial charge in [-0.2, -0.15) is 0 Å². The van der Waals surface area contributed by atoms with Crippen LogP contribution in [0.5, 0.6) is 0 Å². The highest BCUT2D eigenvalue weighted by Gasteiger charge is 2.19. The van der Waals surface area contributed by atoms with Crippen molar-refractivity contribution in [3.05, 3.63) is 85.1 Å². The fraction of sp³-hybridized carbons (Fsp3) is 0.754. The summed E-state index contributed by atoms with van der Waals surface area (Å²) in [6, 6.07) is 0. The molecular formula is C69H120O6. The first kappa shape index (κ1) is 71.6. The van der Waals surface area contributed by atoms with Crippen LogP contribution in [0.3, 0.4) is 0 Å². The van der Waals surface area contributed by atoms with Gasteiger partial charge in [-0.3, -0.25) is 14.4 Å². The van der Waals surface area contributed by atoms with Gasteiger partial charge in [-0.25, -0.2) is 0 Å². The molecule has 6 heteroatoms. The highest BCUT2D eigenvalue weighted by molar-refractivity contribution is 5.71. The minimum Gasteiger partial charge on any atom is -0.462 e. The van der Waals surface area contributed by atoms with Crippen LogP contribution in [-0.4, -0.2) is 37.2 Å². The Kier molecular flexibility index (Phi) is 60.3. The molecule has 0 aromatic rings. The van der Waals surface area contributed by atoms with E-state index in [2.05, 4.69) is 106 Å². The zero-order chi connectivity index (χ0) is 54.3. The van der Waals surface area contributed by atoms with Crippen molar-refractivity contribution < 1.29 is 28.6 Å². The molecule has 0 saturated carbocycles. The standard InChI is InChI=1S/C69H120O6/c1-4-7-10-13-16-19-22-25-28-31-33-34-35-36-39-41-44-47-50-53-56-59-62-68(71)74-65-66(64-73-67(70)61-58-55-52-49-46-43-40-37-30-27-24-21-18-15-12-9-6-3)75-69(72)63-60-57-54-51-48-45-42-38-32-29-26-23-20-17-14-11-8-5-2/h9,12,18,20-21,23,27,29-30,32,40,43,49,52,66H,4-8,10-11,13-17,19,22,24-26,28,31,33-39,41-42,44-48,50-51,53-65H2,1-3H3/b12-9-,21-18-,23-20-,30-27-,32-29-,43-40-,52-49-. The van der Waals surface area contributed by atoms with Crippen molar-refractivity contribution in [1.82, 2.24) is 0 Å². The van der Waals surface area contributed by atoms with Crippen LogP contribution in [0.4, 0.5) is 0 Å². The first-order valence-electron chi connectivity index (χ1n) is 32.1. The Hall–Kier alpha value is -3.41. The smallest absolute Gasteiger partial charge is 0.306 e. The fourth-order valence-corrected chi connectivity index (χ4v) is 9.10. The number of hydrogen-bond acceptors (Lipinski definition) is 6. The topological polar surface area (TPSA) is 78.9 Å². The maximum Gasteiger partial charge on any atom is 0.306 e. The molecule has 0 aliphatic heterocycles. The van der Waals surface area contributed by atoms with E-state index in [4.69, 9.17) is 14.2 Å². The molecule has 0 radical (unpaired) electrons. The Balaban J connectivity index is 4.41. The Morgan fingerprint density at radius 1 is 0.280 bits per heavy atom. The van der Waals surface area contributed by atoms with Gasteiger partial charge in [0.2, 0.25) is 0 Å². The second-order valence-electron chi connectivity index (χ2n) is 21.3. The predicted octanol–water partition coefficient (Wildman–Crippen LogP) is 21.9. The molecule has 0 aliphatic rings. The van der Waals surface area contributed by atoms with Crippen LogP contribution < -0.4 is 0 Å². The average molecular weight is 1050 g/mol. The molecule has 0 saturated heterocycles. The summed E-state index contributed by atoms with van der Waals surface area (Å²) in [5.41, 5.74) is 0. The molecule has 0 spiro atoms. The van der Waals surface area contributed by atoms with E-state index >= 15 is 0 Å². The van der Waals surface area contributed by atoms with Gasteiger partial charge in [-0.05, 0) is 89.9 Å². The first-order valence-corrected chi connectivity index (χ1v) is 32.1. The molecular weight excluding hydrogens is 925 g/mol. The maximum atomic E-state index is 12.9. The molecule has 0 bridgehead atoms. The number of hydrogen-bond donors (Lipinski definition) is 0. The molecule has 75 heavy (non-hydrogen) atoms. The Bertz CT molecular complexity index is 1430. The summed E-state index contributed by atoms with van der Waals surface area (Å²) in [5, 5.41) is 0. The van der Waals surface area contributed by atoms with Gasteiger partial charge in [0.25, 0.3) is 0 Å². The highest BCUT2D eigenvalue weighted by Crippen LogP contribution is 2.17. The van der Waals surface area contributed by atoms with Crippen molar-refractivity contribution in [2.45, 2.75) is 322 Å². The average Bonchev–Trinajstić information content (AvgIpc) is 3.41. The SMILES string of the molecule is CC/C=C\C/C=C\C/C=C\C/C=C\C/C=C\CCCC(=O)OCC(COC(=O)CCCCCCCCCCCCCCCCCCCCCCCC)OC(=O)CCCCCCCCC/C=C\C/C=C\CCCCCC. The summed E-state index contributed by atoms with van der Waals surface area (Å²) in [7, 11) is 0. The van der Waals surface area contributed by atoms with E-state index in [1.54, 1.807) is 0 Å². The number of allylic oxidation sites excluding steroid dienone is 14. The lowest BCUT2D eigenvalue weighted by Gasteiger charge is -2.18. The van der Waals surface area contributed by atoms with E-state index in [0.717, 1.165) is 89.9 Å². The van der Waals surface area contributed by atoms with Crippen molar-refractivity contribution >= 4 is 17.9 Å². The monoisotopic (exact) mass is 1040 g/mol. The molecule has 432 valence electrons. The van der Waals surface area contributed by atoms with Crippen LogP contribution in [0, 0.1) is 0 Å². The third-order valence-electron chi connectivity index (χ3n) is 13.9. The van der Waals surface area contributed by atoms with E-state index in [0.29, 0.717) is 19.3 Å². The summed E-state index contributed by atoms with van der Waals surface area (Å²) < 4.78 is 16.9. The van der Waals surface area contributed by atoms with Gasteiger partial charge < -0.3 is 14.2 Å². The summed E-state index contributed by atoms with van der Waals surface area (Å²) >= 11 is 0. The Labute approximate surface area is 465 Å². The number of rotatable bonds is 58. The molecule has 0 N–H and O–H groups in total. The van der Waals surface area contributed by atoms with Gasteiger partial charge in [0.15, 0.2) is 6.10 Å². The van der Waals surface area contributed by atoms with Gasteiger partial charge in [0.1, 0.15) is 13.2 Å². The van der Waals surface area contributed by atoms with Crippen LogP contribution in [-0.2, 0) is 28.6 Å². The van der Waals surface area contributed by atoms with Crippen molar-refractivity contribution in [1.29, 1.82) is 0 Å². The van der Waals surface area contributed by atoms with Crippen LogP contribution in [0.2, 0.25) is 0 Å². The molecule has 0 aromatic heterocycles. The zero-order valence-corrected chi connectivity index (χ0v) is 49.6. The molecule has 0 heterocycles. The number of carbonyl (C=O) groups excluding carboxylic acids is 3. The van der Waals surface area contributed by atoms with E-state index < -0.39 is 6.10 Å². The second kappa shape index (κ2) is 63.1. The third-order valence-corrected chi connectivity index (χ3v) is 13.9. The van der Waals surface area contributed by atoms with Crippen LogP contribution in [0.25, 0.3) is 0 Å². The summed E-state index contributed by atoms with van der Waals surface area (Å²) in [5.74, 6) is -0.950. The molecule has 1 unspecified atom stereocenters.